The van der Waals surface area contributed by atoms with Crippen LogP contribution >= 0.6 is 11.6 Å². The number of methoxy groups -OCH3 is 1. The molecule has 0 aromatic rings. The Morgan fingerprint density at radius 1 is 1.40 bits per heavy atom. The first kappa shape index (κ1) is 16.7. The minimum Gasteiger partial charge on any atom is -0.509 e. The molecule has 20 heavy (non-hydrogen) atoms. The van der Waals surface area contributed by atoms with E-state index in [4.69, 9.17) is 11.6 Å². The van der Waals surface area contributed by atoms with E-state index in [2.05, 4.69) is 4.74 Å². The third-order valence-corrected chi connectivity index (χ3v) is 4.44. The molecule has 112 valence electrons. The second-order valence-electron chi connectivity index (χ2n) is 5.53. The molecule has 0 aromatic carbocycles. The summed E-state index contributed by atoms with van der Waals surface area (Å²) in [7, 11) is 1.14. The number of alkyl halides is 1. The van der Waals surface area contributed by atoms with Crippen LogP contribution in [0.2, 0.25) is 0 Å². The van der Waals surface area contributed by atoms with Gasteiger partial charge in [0.2, 0.25) is 4.87 Å². The number of hydrogen-bond donors (Lipinski definition) is 1. The first-order valence-corrected chi connectivity index (χ1v) is 6.78. The molecule has 0 bridgehead atoms. The number of carbonyl (C=O) groups excluding carboxylic acids is 3. The maximum Gasteiger partial charge on any atom is 0.335 e. The van der Waals surface area contributed by atoms with Crippen LogP contribution in [0.5, 0.6) is 0 Å². The highest BCUT2D eigenvalue weighted by atomic mass is 35.5. The summed E-state index contributed by atoms with van der Waals surface area (Å²) in [4.78, 5) is 34.1. The van der Waals surface area contributed by atoms with Gasteiger partial charge in [-0.2, -0.15) is 0 Å². The van der Waals surface area contributed by atoms with Crippen LogP contribution in [-0.4, -0.2) is 34.6 Å². The van der Waals surface area contributed by atoms with E-state index in [1.165, 1.54) is 0 Å². The maximum absolute atomic E-state index is 12.1. The number of carbonyl (C=O) groups is 3. The third-order valence-electron chi connectivity index (χ3n) is 3.60. The topological polar surface area (TPSA) is 80.7 Å². The van der Waals surface area contributed by atoms with Crippen LogP contribution in [0, 0.1) is 5.41 Å². The van der Waals surface area contributed by atoms with Crippen molar-refractivity contribution in [2.45, 2.75) is 44.9 Å². The van der Waals surface area contributed by atoms with E-state index >= 15 is 0 Å². The molecule has 0 saturated heterocycles. The summed E-state index contributed by atoms with van der Waals surface area (Å²) in [6.07, 6.45) is 0.528. The van der Waals surface area contributed by atoms with Crippen LogP contribution in [-0.2, 0) is 19.1 Å². The smallest absolute Gasteiger partial charge is 0.335 e. The molecular formula is C14H19ClO5. The number of esters is 1. The highest BCUT2D eigenvalue weighted by Gasteiger charge is 2.60. The van der Waals surface area contributed by atoms with Gasteiger partial charge in [-0.3, -0.25) is 9.59 Å². The number of aliphatic hydroxyl groups is 1. The molecule has 0 aromatic heterocycles. The van der Waals surface area contributed by atoms with Crippen molar-refractivity contribution in [3.63, 3.8) is 0 Å². The fourth-order valence-corrected chi connectivity index (χ4v) is 2.63. The number of ether oxygens (including phenoxy) is 1. The predicted molar refractivity (Wildman–Crippen MR) is 73.6 cm³/mol. The molecule has 1 aliphatic carbocycles. The van der Waals surface area contributed by atoms with Gasteiger partial charge in [0.15, 0.2) is 11.6 Å². The average molecular weight is 303 g/mol. The molecule has 0 radical (unpaired) electrons. The van der Waals surface area contributed by atoms with Crippen molar-refractivity contribution >= 4 is 29.1 Å². The number of rotatable bonds is 4. The van der Waals surface area contributed by atoms with Crippen molar-refractivity contribution in [3.05, 3.63) is 11.3 Å². The molecule has 1 N–H and O–H groups in total. The molecule has 0 unspecified atom stereocenters. The van der Waals surface area contributed by atoms with Crippen molar-refractivity contribution < 1.29 is 24.2 Å². The summed E-state index contributed by atoms with van der Waals surface area (Å²) in [6.45, 7) is 4.93. The molecule has 5 nitrogen and oxygen atoms in total. The lowest BCUT2D eigenvalue weighted by molar-refractivity contribution is -0.148. The molecule has 0 fully saturated rings. The standard InChI is InChI=1S/C14H19ClO5/c1-5-6-8(16)10-9(17)7-13(2,3)14(15,11(10)18)12(19)20-4/h18H,5-7H2,1-4H3/t14-/m0/s1. The summed E-state index contributed by atoms with van der Waals surface area (Å²) in [5.41, 5.74) is -1.43. The molecule has 1 rings (SSSR count). The van der Waals surface area contributed by atoms with Crippen molar-refractivity contribution in [3.8, 4) is 0 Å². The average Bonchev–Trinajstić information content (AvgIpc) is 2.34. The van der Waals surface area contributed by atoms with Gasteiger partial charge in [0.05, 0.1) is 7.11 Å². The number of allylic oxidation sites excluding steroid dienone is 1. The Balaban J connectivity index is 3.50. The van der Waals surface area contributed by atoms with Crippen LogP contribution in [0.3, 0.4) is 0 Å². The summed E-state index contributed by atoms with van der Waals surface area (Å²) in [5.74, 6) is -2.56. The Labute approximate surface area is 122 Å². The minimum absolute atomic E-state index is 0.111. The Bertz CT molecular complexity index is 492. The van der Waals surface area contributed by atoms with Gasteiger partial charge in [-0.1, -0.05) is 32.4 Å². The fraction of sp³-hybridized carbons (Fsp3) is 0.643. The van der Waals surface area contributed by atoms with Crippen LogP contribution in [0.15, 0.2) is 11.3 Å². The molecule has 0 amide bonds. The van der Waals surface area contributed by atoms with Crippen molar-refractivity contribution in [1.29, 1.82) is 0 Å². The van der Waals surface area contributed by atoms with Crippen molar-refractivity contribution in [2.75, 3.05) is 7.11 Å². The number of Topliss-reactive ketones (excluding diaryl/α,β-unsaturated/α-hetero) is 2. The van der Waals surface area contributed by atoms with E-state index in [1.54, 1.807) is 20.8 Å². The van der Waals surface area contributed by atoms with Crippen molar-refractivity contribution in [1.82, 2.24) is 0 Å². The molecule has 0 aliphatic heterocycles. The Morgan fingerprint density at radius 3 is 2.40 bits per heavy atom. The Hall–Kier alpha value is -1.36. The van der Waals surface area contributed by atoms with E-state index in [1.807, 2.05) is 0 Å². The lowest BCUT2D eigenvalue weighted by atomic mass is 9.67. The molecule has 0 saturated carbocycles. The van der Waals surface area contributed by atoms with E-state index < -0.39 is 33.6 Å². The Morgan fingerprint density at radius 2 is 1.95 bits per heavy atom. The van der Waals surface area contributed by atoms with Crippen LogP contribution in [0.1, 0.15) is 40.0 Å². The van der Waals surface area contributed by atoms with E-state index in [0.29, 0.717) is 6.42 Å². The second-order valence-corrected chi connectivity index (χ2v) is 6.10. The first-order valence-electron chi connectivity index (χ1n) is 6.41. The predicted octanol–water partition coefficient (Wildman–Crippen LogP) is 2.32. The van der Waals surface area contributed by atoms with Gasteiger partial charge < -0.3 is 9.84 Å². The van der Waals surface area contributed by atoms with Crippen LogP contribution in [0.25, 0.3) is 0 Å². The van der Waals surface area contributed by atoms with Crippen LogP contribution in [0.4, 0.5) is 0 Å². The maximum atomic E-state index is 12.1. The number of ketones is 2. The lowest BCUT2D eigenvalue weighted by Crippen LogP contribution is -2.54. The van der Waals surface area contributed by atoms with E-state index in [9.17, 15) is 19.5 Å². The normalized spacial score (nSPS) is 25.6. The largest absolute Gasteiger partial charge is 0.509 e. The zero-order valence-corrected chi connectivity index (χ0v) is 12.8. The highest BCUT2D eigenvalue weighted by molar-refractivity contribution is 6.39. The van der Waals surface area contributed by atoms with Gasteiger partial charge in [0, 0.05) is 18.3 Å². The van der Waals surface area contributed by atoms with Gasteiger partial charge in [-0.15, -0.1) is 0 Å². The van der Waals surface area contributed by atoms with E-state index in [0.717, 1.165) is 7.11 Å². The monoisotopic (exact) mass is 302 g/mol. The quantitative estimate of drug-likeness (QED) is 0.489. The highest BCUT2D eigenvalue weighted by Crippen LogP contribution is 2.50. The zero-order valence-electron chi connectivity index (χ0n) is 12.1. The Kier molecular flexibility index (Phi) is 4.64. The zero-order chi connectivity index (χ0) is 15.7. The molecule has 0 spiro atoms. The van der Waals surface area contributed by atoms with E-state index in [-0.39, 0.29) is 18.4 Å². The molecule has 0 heterocycles. The summed E-state index contributed by atoms with van der Waals surface area (Å²) < 4.78 is 4.63. The van der Waals surface area contributed by atoms with Crippen molar-refractivity contribution in [2.24, 2.45) is 5.41 Å². The second kappa shape index (κ2) is 5.56. The number of aliphatic hydroxyl groups excluding tert-OH is 1. The lowest BCUT2D eigenvalue weighted by Gasteiger charge is -2.42. The summed E-state index contributed by atoms with van der Waals surface area (Å²) >= 11 is 6.29. The minimum atomic E-state index is -1.92. The van der Waals surface area contributed by atoms with Crippen LogP contribution < -0.4 is 0 Å². The molecule has 6 heteroatoms. The first-order chi connectivity index (χ1) is 9.13. The number of halogens is 1. The molecular weight excluding hydrogens is 284 g/mol. The van der Waals surface area contributed by atoms with Gasteiger partial charge >= 0.3 is 5.97 Å². The van der Waals surface area contributed by atoms with Gasteiger partial charge in [-0.05, 0) is 6.42 Å². The molecule has 1 atom stereocenters. The van der Waals surface area contributed by atoms with Gasteiger partial charge in [-0.25, -0.2) is 4.79 Å². The van der Waals surface area contributed by atoms with Gasteiger partial charge in [0.25, 0.3) is 0 Å². The van der Waals surface area contributed by atoms with Gasteiger partial charge in [0.1, 0.15) is 11.3 Å². The fourth-order valence-electron chi connectivity index (χ4n) is 2.39. The number of hydrogen-bond acceptors (Lipinski definition) is 5. The SMILES string of the molecule is CCCC(=O)C1=C(O)[C@](Cl)(C(=O)OC)C(C)(C)CC1=O. The third kappa shape index (κ3) is 2.35. The summed E-state index contributed by atoms with van der Waals surface area (Å²) in [5, 5.41) is 10.3. The summed E-state index contributed by atoms with van der Waals surface area (Å²) in [6, 6.07) is 0. The molecule has 1 aliphatic rings.